The molecule has 0 radical (unpaired) electrons. The van der Waals surface area contributed by atoms with Crippen LogP contribution in [-0.4, -0.2) is 151 Å². The van der Waals surface area contributed by atoms with E-state index in [-0.39, 0.29) is 24.5 Å². The van der Waals surface area contributed by atoms with Gasteiger partial charge >= 0.3 is 11.7 Å². The number of H-pyrrole nitrogens is 1. The van der Waals surface area contributed by atoms with Crippen LogP contribution in [0.15, 0.2) is 39.9 Å². The van der Waals surface area contributed by atoms with Gasteiger partial charge < -0.3 is 52.4 Å². The van der Waals surface area contributed by atoms with Gasteiger partial charge in [-0.15, -0.1) is 0 Å². The number of benzene rings is 1. The summed E-state index contributed by atoms with van der Waals surface area (Å²) < 4.78 is 57.2. The summed E-state index contributed by atoms with van der Waals surface area (Å²) in [7, 11) is 1.64. The highest BCUT2D eigenvalue weighted by molar-refractivity contribution is 5.87. The number of imidazole rings is 1. The molecule has 0 amide bonds. The zero-order valence-corrected chi connectivity index (χ0v) is 39.4. The van der Waals surface area contributed by atoms with Gasteiger partial charge in [0.05, 0.1) is 112 Å². The van der Waals surface area contributed by atoms with E-state index in [1.807, 2.05) is 24.3 Å². The number of carbonyl (C=O) groups excluding carboxylic acids is 1. The van der Waals surface area contributed by atoms with Crippen molar-refractivity contribution in [3.63, 3.8) is 0 Å². The third kappa shape index (κ3) is 20.2. The molecule has 5 rings (SSSR count). The van der Waals surface area contributed by atoms with Gasteiger partial charge in [-0.3, -0.25) is 13.9 Å². The number of ether oxygens (including phenoxy) is 10. The van der Waals surface area contributed by atoms with Crippen LogP contribution in [0.4, 0.5) is 0 Å². The van der Waals surface area contributed by atoms with E-state index < -0.39 is 5.97 Å². The lowest BCUT2D eigenvalue weighted by molar-refractivity contribution is -0.139. The Hall–Kier alpha value is -3.78. The van der Waals surface area contributed by atoms with E-state index in [0.29, 0.717) is 148 Å². The largest absolute Gasteiger partial charge is 0.460 e. The van der Waals surface area contributed by atoms with Crippen LogP contribution >= 0.6 is 0 Å². The predicted molar refractivity (Wildman–Crippen MR) is 251 cm³/mol. The summed E-state index contributed by atoms with van der Waals surface area (Å²) in [5, 5.41) is 0. The Morgan fingerprint density at radius 2 is 0.985 bits per heavy atom. The molecule has 0 saturated heterocycles. The molecule has 1 aromatic carbocycles. The summed E-state index contributed by atoms with van der Waals surface area (Å²) in [5.41, 5.74) is 1.85. The van der Waals surface area contributed by atoms with Crippen molar-refractivity contribution in [3.05, 3.63) is 56.7 Å². The van der Waals surface area contributed by atoms with Crippen molar-refractivity contribution in [2.75, 3.05) is 126 Å². The molecule has 2 saturated carbocycles. The number of rotatable bonds is 34. The van der Waals surface area contributed by atoms with Gasteiger partial charge in [0.15, 0.2) is 5.65 Å². The molecular formula is C49H76N4O13. The predicted octanol–water partition coefficient (Wildman–Crippen LogP) is 5.83. The summed E-state index contributed by atoms with van der Waals surface area (Å²) in [6, 6.07) is 7.52. The first kappa shape index (κ1) is 53.2. The highest BCUT2D eigenvalue weighted by Crippen LogP contribution is 2.27. The van der Waals surface area contributed by atoms with Crippen LogP contribution in [0.25, 0.3) is 28.6 Å². The van der Waals surface area contributed by atoms with Crippen molar-refractivity contribution < 1.29 is 52.2 Å². The summed E-state index contributed by atoms with van der Waals surface area (Å²) in [6.07, 6.45) is 16.8. The monoisotopic (exact) mass is 929 g/mol. The normalized spacial score (nSPS) is 15.5. The molecule has 2 fully saturated rings. The first-order valence-corrected chi connectivity index (χ1v) is 24.3. The number of carbonyl (C=O) groups is 1. The minimum atomic E-state index is -0.476. The number of aromatic amines is 1. The lowest BCUT2D eigenvalue weighted by atomic mass is 10.00. The maximum Gasteiger partial charge on any atom is 0.332 e. The fourth-order valence-corrected chi connectivity index (χ4v) is 8.19. The summed E-state index contributed by atoms with van der Waals surface area (Å²) in [4.78, 5) is 48.5. The second-order valence-corrected chi connectivity index (χ2v) is 16.8. The molecular weight excluding hydrogens is 853 g/mol. The number of esters is 1. The molecule has 17 heteroatoms. The fraction of sp³-hybridized carbons (Fsp3) is 0.714. The van der Waals surface area contributed by atoms with Crippen molar-refractivity contribution in [2.45, 2.75) is 90.1 Å². The van der Waals surface area contributed by atoms with Gasteiger partial charge in [0.1, 0.15) is 17.9 Å². The third-order valence-corrected chi connectivity index (χ3v) is 11.8. The van der Waals surface area contributed by atoms with Gasteiger partial charge in [-0.1, -0.05) is 75.6 Å². The molecule has 2 aliphatic rings. The van der Waals surface area contributed by atoms with E-state index in [1.165, 1.54) is 49.2 Å². The molecule has 0 spiro atoms. The Balaban J connectivity index is 0.908. The number of methoxy groups -OCH3 is 1. The lowest BCUT2D eigenvalue weighted by Gasteiger charge is -2.19. The van der Waals surface area contributed by atoms with Crippen LogP contribution in [0.3, 0.4) is 0 Å². The number of fused-ring (bicyclic) bond motifs is 1. The van der Waals surface area contributed by atoms with Gasteiger partial charge in [0.25, 0.3) is 5.56 Å². The highest BCUT2D eigenvalue weighted by Gasteiger charge is 2.23. The number of nitrogens with one attached hydrogen (secondary N) is 1. The molecule has 66 heavy (non-hydrogen) atoms. The van der Waals surface area contributed by atoms with Crippen molar-refractivity contribution in [3.8, 4) is 11.4 Å². The van der Waals surface area contributed by atoms with Crippen molar-refractivity contribution >= 4 is 23.2 Å². The van der Waals surface area contributed by atoms with Crippen molar-refractivity contribution in [2.24, 2.45) is 11.8 Å². The van der Waals surface area contributed by atoms with E-state index in [4.69, 9.17) is 52.4 Å². The van der Waals surface area contributed by atoms with E-state index in [2.05, 4.69) is 4.98 Å². The molecule has 17 nitrogen and oxygen atoms in total. The molecule has 2 heterocycles. The smallest absolute Gasteiger partial charge is 0.332 e. The zero-order chi connectivity index (χ0) is 46.3. The minimum Gasteiger partial charge on any atom is -0.460 e. The lowest BCUT2D eigenvalue weighted by Crippen LogP contribution is -2.42. The van der Waals surface area contributed by atoms with Crippen LogP contribution in [-0.2, 0) is 65.3 Å². The van der Waals surface area contributed by atoms with Crippen LogP contribution < -0.4 is 11.2 Å². The van der Waals surface area contributed by atoms with E-state index >= 15 is 0 Å². The van der Waals surface area contributed by atoms with Crippen LogP contribution in [0.5, 0.6) is 0 Å². The third-order valence-electron chi connectivity index (χ3n) is 11.8. The van der Waals surface area contributed by atoms with Crippen molar-refractivity contribution in [1.29, 1.82) is 0 Å². The molecule has 0 unspecified atom stereocenters. The number of aromatic nitrogens is 4. The maximum absolute atomic E-state index is 14.1. The van der Waals surface area contributed by atoms with Gasteiger partial charge in [0.2, 0.25) is 0 Å². The average Bonchev–Trinajstić information content (AvgIpc) is 3.44. The van der Waals surface area contributed by atoms with Crippen molar-refractivity contribution in [1.82, 2.24) is 19.1 Å². The standard InChI is InChI=1S/C49H76N4O13/c1-57-20-21-58-22-23-59-24-25-60-26-27-61-28-29-62-30-31-63-32-33-64-34-35-65-36-37-66-44(54)19-16-40-14-17-43(18-15-40)46-50-45-47(51-46)52(38-41-10-6-2-3-7-11-41)49(56)53(48(45)55)39-42-12-8-4-5-9-13-42/h14-19,41-42H,2-13,20-39H2,1H3,(H,50,51)/b19-16+. The van der Waals surface area contributed by atoms with E-state index in [0.717, 1.165) is 49.7 Å². The molecule has 0 aliphatic heterocycles. The van der Waals surface area contributed by atoms with E-state index in [9.17, 15) is 14.4 Å². The Bertz CT molecular complexity index is 1900. The summed E-state index contributed by atoms with van der Waals surface area (Å²) in [5.74, 6) is 0.766. The number of nitrogens with zero attached hydrogens (tertiary/aromatic N) is 3. The first-order chi connectivity index (χ1) is 32.5. The van der Waals surface area contributed by atoms with Gasteiger partial charge in [-0.2, -0.15) is 0 Å². The van der Waals surface area contributed by atoms with Gasteiger partial charge in [0, 0.05) is 31.8 Å². The summed E-state index contributed by atoms with van der Waals surface area (Å²) >= 11 is 0. The average molecular weight is 929 g/mol. The second kappa shape index (κ2) is 32.8. The molecule has 370 valence electrons. The topological polar surface area (TPSA) is 182 Å². The molecule has 2 aromatic heterocycles. The SMILES string of the molecule is COCCOCCOCCOCCOCCOCCOCCOCCOCCOC(=O)/C=C/c1ccc(-c2nc3c([nH]2)c(=O)n(CC2CCCCCC2)c(=O)n3CC2CCCCCC2)cc1. The first-order valence-electron chi connectivity index (χ1n) is 24.3. The zero-order valence-electron chi connectivity index (χ0n) is 39.4. The highest BCUT2D eigenvalue weighted by atomic mass is 16.6. The van der Waals surface area contributed by atoms with E-state index in [1.54, 1.807) is 17.8 Å². The number of hydrogen-bond acceptors (Lipinski definition) is 14. The van der Waals surface area contributed by atoms with Gasteiger partial charge in [-0.05, 0) is 49.2 Å². The maximum atomic E-state index is 14.1. The quantitative estimate of drug-likeness (QED) is 0.0327. The Morgan fingerprint density at radius 3 is 1.42 bits per heavy atom. The molecule has 3 aromatic rings. The fourth-order valence-electron chi connectivity index (χ4n) is 8.19. The second-order valence-electron chi connectivity index (χ2n) is 16.8. The Labute approximate surface area is 389 Å². The summed E-state index contributed by atoms with van der Waals surface area (Å²) in [6.45, 7) is 9.18. The van der Waals surface area contributed by atoms with Crippen LogP contribution in [0.1, 0.15) is 82.6 Å². The number of hydrogen-bond donors (Lipinski definition) is 1. The Kier molecular flexibility index (Phi) is 26.5. The molecule has 2 aliphatic carbocycles. The van der Waals surface area contributed by atoms with Crippen LogP contribution in [0, 0.1) is 11.8 Å². The van der Waals surface area contributed by atoms with Gasteiger partial charge in [-0.25, -0.2) is 14.6 Å². The van der Waals surface area contributed by atoms with Crippen LogP contribution in [0.2, 0.25) is 0 Å². The molecule has 1 N–H and O–H groups in total. The Morgan fingerprint density at radius 1 is 0.576 bits per heavy atom. The molecule has 0 bridgehead atoms. The minimum absolute atomic E-state index is 0.118. The molecule has 0 atom stereocenters.